The molecule has 0 aliphatic rings. The second-order valence-corrected chi connectivity index (χ2v) is 6.31. The van der Waals surface area contributed by atoms with Crippen LogP contribution in [0.15, 0.2) is 46.9 Å². The van der Waals surface area contributed by atoms with Crippen LogP contribution in [0, 0.1) is 0 Å². The zero-order valence-corrected chi connectivity index (χ0v) is 15.7. The summed E-state index contributed by atoms with van der Waals surface area (Å²) >= 11 is 3.39. The highest BCUT2D eigenvalue weighted by atomic mass is 79.9. The molecule has 0 aliphatic heterocycles. The Hall–Kier alpha value is -2.01. The summed E-state index contributed by atoms with van der Waals surface area (Å²) in [6, 6.07) is 12.8. The van der Waals surface area contributed by atoms with Crippen LogP contribution in [0.5, 0.6) is 11.5 Å². The predicted molar refractivity (Wildman–Crippen MR) is 100 cm³/mol. The highest BCUT2D eigenvalue weighted by Gasteiger charge is 2.14. The first kappa shape index (κ1) is 18.3. The van der Waals surface area contributed by atoms with Crippen molar-refractivity contribution in [1.82, 2.24) is 0 Å². The summed E-state index contributed by atoms with van der Waals surface area (Å²) in [7, 11) is 0. The van der Waals surface area contributed by atoms with E-state index in [1.165, 1.54) is 0 Å². The van der Waals surface area contributed by atoms with Gasteiger partial charge in [-0.3, -0.25) is 4.79 Å². The summed E-state index contributed by atoms with van der Waals surface area (Å²) in [5.74, 6) is 1.08. The first-order valence-electron chi connectivity index (χ1n) is 8.03. The lowest BCUT2D eigenvalue weighted by atomic mass is 10.2. The van der Waals surface area contributed by atoms with Crippen molar-refractivity contribution in [3.63, 3.8) is 0 Å². The standard InChI is InChI=1S/C19H22BrNO3/c1-4-13(3)24-16-8-6-7-15(12-16)21-19(22)17-11-14(20)9-10-18(17)23-5-2/h6-13H,4-5H2,1-3H3,(H,21,22). The van der Waals surface area contributed by atoms with E-state index in [2.05, 4.69) is 28.2 Å². The van der Waals surface area contributed by atoms with Crippen LogP contribution in [0.4, 0.5) is 5.69 Å². The second-order valence-electron chi connectivity index (χ2n) is 5.39. The molecule has 0 fully saturated rings. The van der Waals surface area contributed by atoms with Crippen LogP contribution in [0.2, 0.25) is 0 Å². The minimum absolute atomic E-state index is 0.130. The van der Waals surface area contributed by atoms with E-state index in [-0.39, 0.29) is 12.0 Å². The van der Waals surface area contributed by atoms with Crippen LogP contribution < -0.4 is 14.8 Å². The van der Waals surface area contributed by atoms with Crippen molar-refractivity contribution in [3.8, 4) is 11.5 Å². The van der Waals surface area contributed by atoms with Gasteiger partial charge in [0.05, 0.1) is 18.3 Å². The maximum atomic E-state index is 12.6. The molecule has 4 nitrogen and oxygen atoms in total. The molecule has 0 bridgehead atoms. The fraction of sp³-hybridized carbons (Fsp3) is 0.316. The van der Waals surface area contributed by atoms with E-state index in [4.69, 9.17) is 9.47 Å². The maximum absolute atomic E-state index is 12.6. The van der Waals surface area contributed by atoms with Gasteiger partial charge in [0, 0.05) is 16.2 Å². The molecule has 5 heteroatoms. The van der Waals surface area contributed by atoms with Crippen LogP contribution in [0.25, 0.3) is 0 Å². The number of benzene rings is 2. The Morgan fingerprint density at radius 3 is 2.71 bits per heavy atom. The van der Waals surface area contributed by atoms with Crippen molar-refractivity contribution < 1.29 is 14.3 Å². The molecule has 0 heterocycles. The monoisotopic (exact) mass is 391 g/mol. The fourth-order valence-electron chi connectivity index (χ4n) is 2.12. The number of hydrogen-bond donors (Lipinski definition) is 1. The summed E-state index contributed by atoms with van der Waals surface area (Å²) in [5, 5.41) is 2.90. The Labute approximate surface area is 151 Å². The maximum Gasteiger partial charge on any atom is 0.259 e. The predicted octanol–water partition coefficient (Wildman–Crippen LogP) is 5.28. The van der Waals surface area contributed by atoms with Crippen LogP contribution in [0.3, 0.4) is 0 Å². The molecule has 1 atom stereocenters. The number of hydrogen-bond acceptors (Lipinski definition) is 3. The Morgan fingerprint density at radius 1 is 1.21 bits per heavy atom. The lowest BCUT2D eigenvalue weighted by Gasteiger charge is -2.14. The van der Waals surface area contributed by atoms with Crippen molar-refractivity contribution in [1.29, 1.82) is 0 Å². The highest BCUT2D eigenvalue weighted by molar-refractivity contribution is 9.10. The van der Waals surface area contributed by atoms with Crippen molar-refractivity contribution >= 4 is 27.5 Å². The van der Waals surface area contributed by atoms with Crippen LogP contribution >= 0.6 is 15.9 Å². The number of rotatable bonds is 7. The Balaban J connectivity index is 2.18. The lowest BCUT2D eigenvalue weighted by Crippen LogP contribution is -2.14. The van der Waals surface area contributed by atoms with Crippen LogP contribution in [-0.2, 0) is 0 Å². The van der Waals surface area contributed by atoms with E-state index in [0.717, 1.165) is 16.6 Å². The molecule has 2 aromatic carbocycles. The largest absolute Gasteiger partial charge is 0.493 e. The molecule has 0 aromatic heterocycles. The van der Waals surface area contributed by atoms with E-state index in [1.807, 2.05) is 44.2 Å². The molecule has 1 amide bonds. The molecular formula is C19H22BrNO3. The molecule has 0 saturated carbocycles. The number of carbonyl (C=O) groups is 1. The number of ether oxygens (including phenoxy) is 2. The quantitative estimate of drug-likeness (QED) is 0.698. The van der Waals surface area contributed by atoms with Crippen LogP contribution in [-0.4, -0.2) is 18.6 Å². The second kappa shape index (κ2) is 8.73. The Kier molecular flexibility index (Phi) is 6.67. The smallest absolute Gasteiger partial charge is 0.259 e. The van der Waals surface area contributed by atoms with Gasteiger partial charge in [0.1, 0.15) is 11.5 Å². The SMILES string of the molecule is CCOc1ccc(Br)cc1C(=O)Nc1cccc(OC(C)CC)c1. The van der Waals surface area contributed by atoms with Crippen molar-refractivity contribution in [2.45, 2.75) is 33.3 Å². The molecule has 24 heavy (non-hydrogen) atoms. The third kappa shape index (κ3) is 4.99. The van der Waals surface area contributed by atoms with Gasteiger partial charge in [0.2, 0.25) is 0 Å². The number of amides is 1. The molecule has 2 rings (SSSR count). The Morgan fingerprint density at radius 2 is 2.00 bits per heavy atom. The zero-order chi connectivity index (χ0) is 17.5. The van der Waals surface area contributed by atoms with Crippen LogP contribution in [0.1, 0.15) is 37.6 Å². The van der Waals surface area contributed by atoms with E-state index >= 15 is 0 Å². The molecular weight excluding hydrogens is 370 g/mol. The molecule has 128 valence electrons. The normalized spacial score (nSPS) is 11.7. The highest BCUT2D eigenvalue weighted by Crippen LogP contribution is 2.25. The fourth-order valence-corrected chi connectivity index (χ4v) is 2.48. The van der Waals surface area contributed by atoms with Crippen molar-refractivity contribution in [3.05, 3.63) is 52.5 Å². The minimum atomic E-state index is -0.222. The third-order valence-electron chi connectivity index (χ3n) is 3.49. The third-order valence-corrected chi connectivity index (χ3v) is 3.98. The number of nitrogens with one attached hydrogen (secondary N) is 1. The molecule has 0 aliphatic carbocycles. The molecule has 1 N–H and O–H groups in total. The van der Waals surface area contributed by atoms with Gasteiger partial charge in [-0.25, -0.2) is 0 Å². The molecule has 0 saturated heterocycles. The zero-order valence-electron chi connectivity index (χ0n) is 14.1. The Bertz CT molecular complexity index is 703. The van der Waals surface area contributed by atoms with Gasteiger partial charge < -0.3 is 14.8 Å². The minimum Gasteiger partial charge on any atom is -0.493 e. The summed E-state index contributed by atoms with van der Waals surface area (Å²) in [5.41, 5.74) is 1.17. The lowest BCUT2D eigenvalue weighted by molar-refractivity contribution is 0.102. The summed E-state index contributed by atoms with van der Waals surface area (Å²) < 4.78 is 12.1. The summed E-state index contributed by atoms with van der Waals surface area (Å²) in [6.07, 6.45) is 1.05. The molecule has 1 unspecified atom stereocenters. The van der Waals surface area contributed by atoms with Gasteiger partial charge in [-0.05, 0) is 50.6 Å². The van der Waals surface area contributed by atoms with Gasteiger partial charge in [-0.15, -0.1) is 0 Å². The summed E-state index contributed by atoms with van der Waals surface area (Å²) in [4.78, 5) is 12.6. The number of carbonyl (C=O) groups excluding carboxylic acids is 1. The van der Waals surface area contributed by atoms with E-state index in [9.17, 15) is 4.79 Å². The van der Waals surface area contributed by atoms with Crippen molar-refractivity contribution in [2.24, 2.45) is 0 Å². The number of anilines is 1. The first-order valence-corrected chi connectivity index (χ1v) is 8.83. The topological polar surface area (TPSA) is 47.6 Å². The summed E-state index contributed by atoms with van der Waals surface area (Å²) in [6.45, 7) is 6.47. The number of halogens is 1. The van der Waals surface area contributed by atoms with E-state index in [0.29, 0.717) is 23.6 Å². The average Bonchev–Trinajstić information content (AvgIpc) is 2.56. The van der Waals surface area contributed by atoms with Gasteiger partial charge in [0.15, 0.2) is 0 Å². The van der Waals surface area contributed by atoms with Gasteiger partial charge in [-0.2, -0.15) is 0 Å². The molecule has 2 aromatic rings. The van der Waals surface area contributed by atoms with Gasteiger partial charge >= 0.3 is 0 Å². The van der Waals surface area contributed by atoms with E-state index in [1.54, 1.807) is 12.1 Å². The first-order chi connectivity index (χ1) is 11.5. The van der Waals surface area contributed by atoms with E-state index < -0.39 is 0 Å². The van der Waals surface area contributed by atoms with Crippen molar-refractivity contribution in [2.75, 3.05) is 11.9 Å². The molecule has 0 radical (unpaired) electrons. The molecule has 0 spiro atoms. The van der Waals surface area contributed by atoms with Gasteiger partial charge in [-0.1, -0.05) is 28.9 Å². The average molecular weight is 392 g/mol. The van der Waals surface area contributed by atoms with Gasteiger partial charge in [0.25, 0.3) is 5.91 Å².